The normalized spacial score (nSPS) is 24.3. The third-order valence-corrected chi connectivity index (χ3v) is 5.56. The smallest absolute Gasteiger partial charge is 0.338 e. The first-order valence-electron chi connectivity index (χ1n) is 9.80. The van der Waals surface area contributed by atoms with E-state index in [1.54, 1.807) is 7.11 Å². The van der Waals surface area contributed by atoms with Crippen LogP contribution >= 0.6 is 0 Å². The number of nitrogens with zero attached hydrogens (tertiary/aromatic N) is 1. The fraction of sp³-hybridized carbons (Fsp3) is 0.435. The van der Waals surface area contributed by atoms with Gasteiger partial charge in [0.15, 0.2) is 0 Å². The van der Waals surface area contributed by atoms with E-state index >= 15 is 0 Å². The SMILES string of the molecule is COc1cccc(C2(O)CCC(OC(=O)c3cccc(F)c3)CC2CN(C)C)c1. The molecule has 1 aliphatic carbocycles. The van der Waals surface area contributed by atoms with E-state index in [9.17, 15) is 14.3 Å². The second-order valence-electron chi connectivity index (χ2n) is 7.93. The van der Waals surface area contributed by atoms with Gasteiger partial charge in [-0.3, -0.25) is 0 Å². The summed E-state index contributed by atoms with van der Waals surface area (Å²) >= 11 is 0. The van der Waals surface area contributed by atoms with Crippen molar-refractivity contribution in [2.45, 2.75) is 31.0 Å². The number of hydrogen-bond acceptors (Lipinski definition) is 5. The molecule has 0 amide bonds. The van der Waals surface area contributed by atoms with Crippen molar-refractivity contribution in [2.75, 3.05) is 27.7 Å². The lowest BCUT2D eigenvalue weighted by Gasteiger charge is -2.44. The third kappa shape index (κ3) is 4.95. The summed E-state index contributed by atoms with van der Waals surface area (Å²) in [4.78, 5) is 14.5. The largest absolute Gasteiger partial charge is 0.497 e. The molecule has 0 aliphatic heterocycles. The molecule has 0 spiro atoms. The van der Waals surface area contributed by atoms with Gasteiger partial charge >= 0.3 is 5.97 Å². The first kappa shape index (κ1) is 21.3. The summed E-state index contributed by atoms with van der Waals surface area (Å²) in [6, 6.07) is 13.0. The lowest BCUT2D eigenvalue weighted by molar-refractivity contribution is -0.0960. The van der Waals surface area contributed by atoms with Gasteiger partial charge < -0.3 is 19.5 Å². The van der Waals surface area contributed by atoms with Crippen LogP contribution in [0.4, 0.5) is 4.39 Å². The van der Waals surface area contributed by atoms with Crippen LogP contribution in [0.15, 0.2) is 48.5 Å². The number of methoxy groups -OCH3 is 1. The highest BCUT2D eigenvalue weighted by atomic mass is 19.1. The number of esters is 1. The van der Waals surface area contributed by atoms with Crippen LogP contribution in [-0.2, 0) is 10.3 Å². The summed E-state index contributed by atoms with van der Waals surface area (Å²) in [6.07, 6.45) is 1.17. The summed E-state index contributed by atoms with van der Waals surface area (Å²) < 4.78 is 24.4. The zero-order valence-electron chi connectivity index (χ0n) is 17.1. The van der Waals surface area contributed by atoms with Gasteiger partial charge in [-0.1, -0.05) is 18.2 Å². The maximum absolute atomic E-state index is 13.4. The Hall–Kier alpha value is -2.44. The Bertz CT molecular complexity index is 856. The molecule has 0 aromatic heterocycles. The van der Waals surface area contributed by atoms with Crippen LogP contribution in [0.2, 0.25) is 0 Å². The van der Waals surface area contributed by atoms with Crippen molar-refractivity contribution in [1.82, 2.24) is 4.90 Å². The number of halogens is 1. The van der Waals surface area contributed by atoms with Crippen molar-refractivity contribution in [2.24, 2.45) is 5.92 Å². The van der Waals surface area contributed by atoms with Crippen LogP contribution in [0.25, 0.3) is 0 Å². The third-order valence-electron chi connectivity index (χ3n) is 5.56. The minimum Gasteiger partial charge on any atom is -0.497 e. The molecule has 1 fully saturated rings. The molecule has 0 bridgehead atoms. The Morgan fingerprint density at radius 3 is 2.69 bits per heavy atom. The Kier molecular flexibility index (Phi) is 6.55. The molecule has 6 heteroatoms. The molecule has 1 saturated carbocycles. The lowest BCUT2D eigenvalue weighted by atomic mass is 9.70. The maximum atomic E-state index is 13.4. The fourth-order valence-corrected chi connectivity index (χ4v) is 4.10. The Morgan fingerprint density at radius 1 is 1.24 bits per heavy atom. The number of benzene rings is 2. The van der Waals surface area contributed by atoms with E-state index in [-0.39, 0.29) is 17.6 Å². The van der Waals surface area contributed by atoms with Gasteiger partial charge in [-0.15, -0.1) is 0 Å². The summed E-state index contributed by atoms with van der Waals surface area (Å²) in [6.45, 7) is 0.641. The van der Waals surface area contributed by atoms with Crippen LogP contribution in [0.5, 0.6) is 5.75 Å². The number of aliphatic hydroxyl groups is 1. The molecule has 0 heterocycles. The molecule has 1 N–H and O–H groups in total. The van der Waals surface area contributed by atoms with Crippen LogP contribution in [0.1, 0.15) is 35.2 Å². The minimum atomic E-state index is -1.04. The first-order valence-corrected chi connectivity index (χ1v) is 9.80. The number of hydrogen-bond donors (Lipinski definition) is 1. The molecular weight excluding hydrogens is 373 g/mol. The highest BCUT2D eigenvalue weighted by Crippen LogP contribution is 2.43. The molecule has 1 aliphatic rings. The van der Waals surface area contributed by atoms with Gasteiger partial charge in [-0.25, -0.2) is 9.18 Å². The summed E-state index contributed by atoms with van der Waals surface area (Å²) in [5, 5.41) is 11.6. The number of ether oxygens (including phenoxy) is 2. The van der Waals surface area contributed by atoms with Crippen molar-refractivity contribution in [3.05, 3.63) is 65.5 Å². The van der Waals surface area contributed by atoms with Crippen molar-refractivity contribution in [3.8, 4) is 5.75 Å². The van der Waals surface area contributed by atoms with Gasteiger partial charge in [0, 0.05) is 12.5 Å². The van der Waals surface area contributed by atoms with E-state index in [2.05, 4.69) is 0 Å². The van der Waals surface area contributed by atoms with E-state index < -0.39 is 17.4 Å². The Labute approximate surface area is 171 Å². The highest BCUT2D eigenvalue weighted by molar-refractivity contribution is 5.89. The van der Waals surface area contributed by atoms with Gasteiger partial charge in [0.25, 0.3) is 0 Å². The molecule has 29 heavy (non-hydrogen) atoms. The number of rotatable bonds is 6. The zero-order chi connectivity index (χ0) is 21.0. The summed E-state index contributed by atoms with van der Waals surface area (Å²) in [5.74, 6) is -0.450. The molecule has 3 atom stereocenters. The topological polar surface area (TPSA) is 59.0 Å². The second-order valence-corrected chi connectivity index (χ2v) is 7.93. The van der Waals surface area contributed by atoms with E-state index in [0.717, 1.165) is 5.56 Å². The predicted molar refractivity (Wildman–Crippen MR) is 108 cm³/mol. The lowest BCUT2D eigenvalue weighted by Crippen LogP contribution is -2.47. The van der Waals surface area contributed by atoms with Gasteiger partial charge in [0.05, 0.1) is 18.3 Å². The van der Waals surface area contributed by atoms with Crippen molar-refractivity contribution in [1.29, 1.82) is 0 Å². The maximum Gasteiger partial charge on any atom is 0.338 e. The van der Waals surface area contributed by atoms with Crippen LogP contribution in [0, 0.1) is 11.7 Å². The van der Waals surface area contributed by atoms with Crippen molar-refractivity contribution < 1.29 is 23.8 Å². The van der Waals surface area contributed by atoms with Crippen LogP contribution in [-0.4, -0.2) is 49.8 Å². The number of carbonyl (C=O) groups is 1. The van der Waals surface area contributed by atoms with E-state index in [1.807, 2.05) is 43.3 Å². The van der Waals surface area contributed by atoms with Crippen molar-refractivity contribution >= 4 is 5.97 Å². The summed E-state index contributed by atoms with van der Waals surface area (Å²) in [7, 11) is 5.51. The van der Waals surface area contributed by atoms with E-state index in [0.29, 0.717) is 31.6 Å². The fourth-order valence-electron chi connectivity index (χ4n) is 4.10. The van der Waals surface area contributed by atoms with E-state index in [1.165, 1.54) is 24.3 Å². The van der Waals surface area contributed by atoms with Gasteiger partial charge in [0.1, 0.15) is 17.7 Å². The number of carbonyl (C=O) groups excluding carboxylic acids is 1. The summed E-state index contributed by atoms with van der Waals surface area (Å²) in [5.41, 5.74) is -0.0398. The molecule has 156 valence electrons. The molecule has 5 nitrogen and oxygen atoms in total. The average Bonchev–Trinajstić information content (AvgIpc) is 2.70. The molecule has 0 saturated heterocycles. The molecule has 2 aromatic carbocycles. The van der Waals surface area contributed by atoms with Gasteiger partial charge in [-0.05, 0) is 69.3 Å². The highest BCUT2D eigenvalue weighted by Gasteiger charge is 2.44. The van der Waals surface area contributed by atoms with Crippen molar-refractivity contribution in [3.63, 3.8) is 0 Å². The van der Waals surface area contributed by atoms with Gasteiger partial charge in [0.2, 0.25) is 0 Å². The quantitative estimate of drug-likeness (QED) is 0.750. The molecule has 2 aromatic rings. The van der Waals surface area contributed by atoms with Gasteiger partial charge in [-0.2, -0.15) is 0 Å². The second kappa shape index (κ2) is 8.93. The van der Waals surface area contributed by atoms with E-state index in [4.69, 9.17) is 9.47 Å². The Balaban J connectivity index is 1.78. The average molecular weight is 401 g/mol. The molecular formula is C23H28FNO4. The monoisotopic (exact) mass is 401 g/mol. The van der Waals surface area contributed by atoms with Crippen LogP contribution < -0.4 is 4.74 Å². The van der Waals surface area contributed by atoms with Crippen LogP contribution in [0.3, 0.4) is 0 Å². The molecule has 0 radical (unpaired) electrons. The minimum absolute atomic E-state index is 0.135. The first-order chi connectivity index (χ1) is 13.8. The molecule has 3 rings (SSSR count). The predicted octanol–water partition coefficient (Wildman–Crippen LogP) is 3.61. The molecule has 3 unspecified atom stereocenters. The Morgan fingerprint density at radius 2 is 2.00 bits per heavy atom. The zero-order valence-corrected chi connectivity index (χ0v) is 17.1. The standard InChI is InChI=1S/C23H28FNO4/c1-25(2)15-18-14-21(29-22(26)16-6-4-8-19(24)12-16)10-11-23(18,27)17-7-5-9-20(13-17)28-3/h4-9,12-13,18,21,27H,10-11,14-15H2,1-3H3.